The molecule has 2 fully saturated rings. The van der Waals surface area contributed by atoms with Crippen molar-refractivity contribution in [2.24, 2.45) is 0 Å². The molecule has 2 saturated heterocycles. The van der Waals surface area contributed by atoms with Crippen LogP contribution in [0.2, 0.25) is 0 Å². The molecule has 0 aliphatic carbocycles. The average Bonchev–Trinajstić information content (AvgIpc) is 3.57. The van der Waals surface area contributed by atoms with Gasteiger partial charge in [-0.1, -0.05) is 6.58 Å². The fourth-order valence-corrected chi connectivity index (χ4v) is 6.88. The molecule has 50 heavy (non-hydrogen) atoms. The zero-order valence-electron chi connectivity index (χ0n) is 27.2. The Balaban J connectivity index is 0.993. The number of hydrogen-bond donors (Lipinski definition) is 6. The SMILES string of the molecule is C=C(CO[C@@H]1O[C@@H](CO[C@@H]2OC[C@H](O)[C@H](O)[C@H]2O)[C@@H](O)[C@H](O)[C@H]1O)[C@@H]1Cc2c(ccc3c2O[C@H]2COc4cc(OC)c(OC)cc4[C@H]2C3=O)O1. The first kappa shape index (κ1) is 34.9. The molecule has 5 heterocycles. The molecule has 0 bridgehead atoms. The molecule has 272 valence electrons. The van der Waals surface area contributed by atoms with Crippen LogP contribution in [-0.4, -0.2) is 145 Å². The van der Waals surface area contributed by atoms with E-state index in [9.17, 15) is 35.4 Å². The lowest BCUT2D eigenvalue weighted by atomic mass is 9.81. The van der Waals surface area contributed by atoms with Gasteiger partial charge in [0.1, 0.15) is 78.8 Å². The molecule has 6 N–H and O–H groups in total. The van der Waals surface area contributed by atoms with E-state index in [1.54, 1.807) is 24.3 Å². The molecule has 5 aliphatic heterocycles. The Labute approximate surface area is 286 Å². The molecule has 12 atom stereocenters. The number of ether oxygens (including phenoxy) is 9. The second kappa shape index (κ2) is 13.9. The third-order valence-corrected chi connectivity index (χ3v) is 9.76. The molecule has 0 unspecified atom stereocenters. The summed E-state index contributed by atoms with van der Waals surface area (Å²) in [6.07, 6.45) is -14.1. The van der Waals surface area contributed by atoms with Gasteiger partial charge in [-0.15, -0.1) is 0 Å². The molecule has 7 rings (SSSR count). The fraction of sp³-hybridized carbons (Fsp3) is 0.559. The highest BCUT2D eigenvalue weighted by atomic mass is 16.7. The molecule has 0 saturated carbocycles. The second-order valence-corrected chi connectivity index (χ2v) is 12.9. The summed E-state index contributed by atoms with van der Waals surface area (Å²) < 4.78 is 51.5. The van der Waals surface area contributed by atoms with Gasteiger partial charge in [-0.3, -0.25) is 4.79 Å². The Kier molecular flexibility index (Phi) is 9.68. The lowest BCUT2D eigenvalue weighted by molar-refractivity contribution is -0.319. The number of methoxy groups -OCH3 is 2. The maximum atomic E-state index is 13.9. The molecule has 0 aromatic heterocycles. The molecule has 16 nitrogen and oxygen atoms in total. The van der Waals surface area contributed by atoms with Crippen molar-refractivity contribution in [1.29, 1.82) is 0 Å². The molecule has 0 amide bonds. The van der Waals surface area contributed by atoms with Gasteiger partial charge in [-0.25, -0.2) is 0 Å². The first-order chi connectivity index (χ1) is 24.0. The summed E-state index contributed by atoms with van der Waals surface area (Å²) in [5.74, 6) is 1.67. The van der Waals surface area contributed by atoms with Crippen LogP contribution in [0.5, 0.6) is 28.7 Å². The van der Waals surface area contributed by atoms with Gasteiger partial charge in [-0.2, -0.15) is 0 Å². The van der Waals surface area contributed by atoms with Gasteiger partial charge < -0.3 is 73.3 Å². The lowest BCUT2D eigenvalue weighted by Gasteiger charge is -2.41. The minimum absolute atomic E-state index is 0.123. The summed E-state index contributed by atoms with van der Waals surface area (Å²) in [6, 6.07) is 6.82. The van der Waals surface area contributed by atoms with Crippen molar-refractivity contribution >= 4 is 5.78 Å². The third kappa shape index (κ3) is 6.08. The van der Waals surface area contributed by atoms with Gasteiger partial charge in [0.05, 0.1) is 45.5 Å². The maximum Gasteiger partial charge on any atom is 0.187 e. The lowest BCUT2D eigenvalue weighted by Crippen LogP contribution is -2.60. The third-order valence-electron chi connectivity index (χ3n) is 9.76. The smallest absolute Gasteiger partial charge is 0.187 e. The molecular weight excluding hydrogens is 664 g/mol. The van der Waals surface area contributed by atoms with Crippen molar-refractivity contribution in [2.75, 3.05) is 40.6 Å². The quantitative estimate of drug-likeness (QED) is 0.172. The molecule has 5 aliphatic rings. The normalized spacial score (nSPS) is 35.7. The van der Waals surface area contributed by atoms with E-state index in [-0.39, 0.29) is 25.6 Å². The van der Waals surface area contributed by atoms with Gasteiger partial charge in [0.2, 0.25) is 0 Å². The fourth-order valence-electron chi connectivity index (χ4n) is 6.88. The van der Waals surface area contributed by atoms with E-state index in [2.05, 4.69) is 6.58 Å². The van der Waals surface area contributed by atoms with Crippen LogP contribution in [0.25, 0.3) is 0 Å². The van der Waals surface area contributed by atoms with E-state index in [1.807, 2.05) is 0 Å². The summed E-state index contributed by atoms with van der Waals surface area (Å²) in [5.41, 5.74) is 2.20. The number of hydrogen-bond acceptors (Lipinski definition) is 16. The van der Waals surface area contributed by atoms with Crippen LogP contribution in [0.15, 0.2) is 36.4 Å². The van der Waals surface area contributed by atoms with E-state index in [4.69, 9.17) is 42.6 Å². The van der Waals surface area contributed by atoms with E-state index in [1.165, 1.54) is 14.2 Å². The van der Waals surface area contributed by atoms with Gasteiger partial charge in [0, 0.05) is 23.6 Å². The summed E-state index contributed by atoms with van der Waals surface area (Å²) >= 11 is 0. The molecule has 0 spiro atoms. The van der Waals surface area contributed by atoms with Gasteiger partial charge >= 0.3 is 0 Å². The van der Waals surface area contributed by atoms with E-state index in [0.717, 1.165) is 0 Å². The molecule has 2 aromatic rings. The van der Waals surface area contributed by atoms with Gasteiger partial charge in [0.25, 0.3) is 0 Å². The number of carbonyl (C=O) groups is 1. The standard InChI is InChI=1S/C34H40O16/c1-13(9-45-34-31(41)29(39)28(38)24(50-34)12-47-33-30(40)27(37)17(35)10-46-33)19-7-16-18(48-19)5-4-14-26(36)25-15-6-21(42-2)22(43-3)8-20(15)44-11-23(25)49-32(14)16/h4-6,8,17,19,23-25,27-31,33-35,37-41H,1,7,9-12H2,2-3H3/t17-,19-,23-,24-,25+,27-,28+,29-,30+,31+,33-,34+/m0/s1. The maximum absolute atomic E-state index is 13.9. The topological polar surface area (TPSA) is 222 Å². The van der Waals surface area contributed by atoms with Crippen molar-refractivity contribution in [2.45, 2.75) is 79.9 Å². The number of carbonyl (C=O) groups excluding carboxylic acids is 1. The predicted octanol–water partition coefficient (Wildman–Crippen LogP) is -1.04. The molecule has 16 heteroatoms. The van der Waals surface area contributed by atoms with Gasteiger partial charge in [0.15, 0.2) is 29.9 Å². The van der Waals surface area contributed by atoms with Crippen molar-refractivity contribution < 1.29 is 78.1 Å². The Bertz CT molecular complexity index is 1610. The number of benzene rings is 2. The van der Waals surface area contributed by atoms with Crippen molar-refractivity contribution in [3.8, 4) is 28.7 Å². The zero-order valence-corrected chi connectivity index (χ0v) is 27.2. The monoisotopic (exact) mass is 704 g/mol. The number of aliphatic hydroxyl groups excluding tert-OH is 6. The number of aliphatic hydroxyl groups is 6. The van der Waals surface area contributed by atoms with Crippen molar-refractivity contribution in [3.63, 3.8) is 0 Å². The van der Waals surface area contributed by atoms with Gasteiger partial charge in [-0.05, 0) is 23.8 Å². The van der Waals surface area contributed by atoms with E-state index < -0.39 is 80.0 Å². The van der Waals surface area contributed by atoms with Crippen LogP contribution in [0, 0.1) is 0 Å². The summed E-state index contributed by atoms with van der Waals surface area (Å²) in [4.78, 5) is 13.9. The van der Waals surface area contributed by atoms with E-state index in [0.29, 0.717) is 57.4 Å². The van der Waals surface area contributed by atoms with Crippen LogP contribution in [0.1, 0.15) is 27.4 Å². The summed E-state index contributed by atoms with van der Waals surface area (Å²) in [5, 5.41) is 61.2. The van der Waals surface area contributed by atoms with Crippen LogP contribution < -0.4 is 23.7 Å². The molecular formula is C34H40O16. The highest BCUT2D eigenvalue weighted by Gasteiger charge is 2.48. The van der Waals surface area contributed by atoms with Crippen LogP contribution in [0.4, 0.5) is 0 Å². The van der Waals surface area contributed by atoms with Crippen LogP contribution in [0.3, 0.4) is 0 Å². The minimum atomic E-state index is -1.67. The Morgan fingerprint density at radius 2 is 1.60 bits per heavy atom. The largest absolute Gasteiger partial charge is 0.493 e. The van der Waals surface area contributed by atoms with Crippen LogP contribution >= 0.6 is 0 Å². The zero-order chi connectivity index (χ0) is 35.4. The minimum Gasteiger partial charge on any atom is -0.493 e. The predicted molar refractivity (Wildman–Crippen MR) is 167 cm³/mol. The second-order valence-electron chi connectivity index (χ2n) is 12.9. The Hall–Kier alpha value is -3.55. The number of ketones is 1. The number of Topliss-reactive ketones (excluding diaryl/α,β-unsaturated/α-hetero) is 1. The number of rotatable bonds is 9. The van der Waals surface area contributed by atoms with Crippen molar-refractivity contribution in [3.05, 3.63) is 53.1 Å². The van der Waals surface area contributed by atoms with Crippen LogP contribution in [-0.2, 0) is 25.4 Å². The average molecular weight is 705 g/mol. The molecule has 2 aromatic carbocycles. The first-order valence-electron chi connectivity index (χ1n) is 16.2. The highest BCUT2D eigenvalue weighted by Crippen LogP contribution is 2.50. The Morgan fingerprint density at radius 1 is 0.860 bits per heavy atom. The number of fused-ring (bicyclic) bond motifs is 6. The van der Waals surface area contributed by atoms with Crippen molar-refractivity contribution in [1.82, 2.24) is 0 Å². The summed E-state index contributed by atoms with van der Waals surface area (Å²) in [7, 11) is 3.04. The Morgan fingerprint density at radius 3 is 2.36 bits per heavy atom. The summed E-state index contributed by atoms with van der Waals surface area (Å²) in [6.45, 7) is 3.35. The van der Waals surface area contributed by atoms with E-state index >= 15 is 0 Å². The highest BCUT2D eigenvalue weighted by molar-refractivity contribution is 6.06. The first-order valence-corrected chi connectivity index (χ1v) is 16.2. The molecule has 0 radical (unpaired) electrons.